The molecule has 2 fully saturated rings. The number of methoxy groups -OCH3 is 1. The Labute approximate surface area is 154 Å². The van der Waals surface area contributed by atoms with E-state index in [0.29, 0.717) is 5.92 Å². The van der Waals surface area contributed by atoms with Crippen molar-refractivity contribution in [3.8, 4) is 11.5 Å². The molecule has 0 amide bonds. The van der Waals surface area contributed by atoms with Crippen LogP contribution in [0.5, 0.6) is 11.5 Å². The number of ether oxygens (including phenoxy) is 3. The second-order valence-corrected chi connectivity index (χ2v) is 6.82. The number of hydrogen-bond donors (Lipinski definition) is 0. The van der Waals surface area contributed by atoms with E-state index in [1.54, 1.807) is 13.4 Å². The topological polar surface area (TPSA) is 56.7 Å². The molecule has 1 aromatic carbocycles. The van der Waals surface area contributed by atoms with Crippen molar-refractivity contribution >= 4 is 5.82 Å². The van der Waals surface area contributed by atoms with E-state index in [1.165, 1.54) is 0 Å². The van der Waals surface area contributed by atoms with Crippen molar-refractivity contribution in [1.82, 2.24) is 9.97 Å². The molecule has 0 N–H and O–H groups in total. The summed E-state index contributed by atoms with van der Waals surface area (Å²) in [4.78, 5) is 11.3. The van der Waals surface area contributed by atoms with Crippen molar-refractivity contribution in [3.05, 3.63) is 42.4 Å². The second kappa shape index (κ2) is 7.91. The molecule has 2 aliphatic rings. The Balaban J connectivity index is 1.37. The molecule has 3 heterocycles. The van der Waals surface area contributed by atoms with Crippen LogP contribution in [-0.2, 0) is 4.74 Å². The summed E-state index contributed by atoms with van der Waals surface area (Å²) >= 11 is 0. The molecule has 0 spiro atoms. The number of benzene rings is 1. The Hall–Kier alpha value is -2.34. The van der Waals surface area contributed by atoms with Crippen molar-refractivity contribution in [2.45, 2.75) is 31.3 Å². The third-order valence-electron chi connectivity index (χ3n) is 5.15. The number of aromatic nitrogens is 2. The third kappa shape index (κ3) is 3.75. The van der Waals surface area contributed by atoms with Crippen LogP contribution in [0.3, 0.4) is 0 Å². The molecule has 0 unspecified atom stereocenters. The van der Waals surface area contributed by atoms with Crippen molar-refractivity contribution in [2.75, 3.05) is 38.3 Å². The lowest BCUT2D eigenvalue weighted by molar-refractivity contribution is 0.164. The number of anilines is 1. The first-order valence-electron chi connectivity index (χ1n) is 9.28. The first kappa shape index (κ1) is 17.1. The molecule has 1 atom stereocenters. The van der Waals surface area contributed by atoms with Crippen molar-refractivity contribution in [1.29, 1.82) is 0 Å². The number of nitrogens with zero attached hydrogens (tertiary/aromatic N) is 3. The van der Waals surface area contributed by atoms with Crippen LogP contribution in [0.2, 0.25) is 0 Å². The van der Waals surface area contributed by atoms with Gasteiger partial charge in [0.1, 0.15) is 18.2 Å². The van der Waals surface area contributed by atoms with Gasteiger partial charge in [0.05, 0.1) is 19.4 Å². The van der Waals surface area contributed by atoms with Crippen molar-refractivity contribution in [3.63, 3.8) is 0 Å². The van der Waals surface area contributed by atoms with Crippen LogP contribution >= 0.6 is 0 Å². The average molecular weight is 355 g/mol. The van der Waals surface area contributed by atoms with E-state index in [1.807, 2.05) is 24.3 Å². The Kier molecular flexibility index (Phi) is 5.20. The van der Waals surface area contributed by atoms with E-state index >= 15 is 0 Å². The highest BCUT2D eigenvalue weighted by molar-refractivity contribution is 5.41. The minimum atomic E-state index is 0.201. The average Bonchev–Trinajstić information content (AvgIpc) is 3.24. The summed E-state index contributed by atoms with van der Waals surface area (Å²) in [5.74, 6) is 3.02. The highest BCUT2D eigenvalue weighted by Crippen LogP contribution is 2.30. The molecule has 26 heavy (non-hydrogen) atoms. The van der Waals surface area contributed by atoms with Crippen LogP contribution in [0, 0.1) is 0 Å². The molecule has 0 bridgehead atoms. The van der Waals surface area contributed by atoms with Gasteiger partial charge in [0.25, 0.3) is 0 Å². The molecule has 6 heteroatoms. The van der Waals surface area contributed by atoms with Gasteiger partial charge in [-0.05, 0) is 18.6 Å². The van der Waals surface area contributed by atoms with Crippen LogP contribution in [-0.4, -0.2) is 49.5 Å². The maximum atomic E-state index is 6.17. The lowest BCUT2D eigenvalue weighted by atomic mass is 10.0. The molecule has 2 aliphatic heterocycles. The molecule has 2 saturated heterocycles. The Bertz CT molecular complexity index is 726. The van der Waals surface area contributed by atoms with Gasteiger partial charge in [-0.1, -0.05) is 12.1 Å². The zero-order chi connectivity index (χ0) is 17.8. The molecular weight excluding hydrogens is 330 g/mol. The van der Waals surface area contributed by atoms with Crippen LogP contribution in [0.25, 0.3) is 0 Å². The molecule has 6 nitrogen and oxygen atoms in total. The summed E-state index contributed by atoms with van der Waals surface area (Å²) in [5.41, 5.74) is 1.10. The fraction of sp³-hybridized carbons (Fsp3) is 0.500. The molecule has 0 radical (unpaired) electrons. The van der Waals surface area contributed by atoms with Crippen LogP contribution in [0.15, 0.2) is 36.7 Å². The summed E-state index contributed by atoms with van der Waals surface area (Å²) in [6.07, 6.45) is 4.85. The zero-order valence-corrected chi connectivity index (χ0v) is 15.1. The Morgan fingerprint density at radius 1 is 1.08 bits per heavy atom. The quantitative estimate of drug-likeness (QED) is 0.822. The van der Waals surface area contributed by atoms with Gasteiger partial charge in [-0.25, -0.2) is 9.97 Å². The van der Waals surface area contributed by atoms with Crippen LogP contribution < -0.4 is 14.4 Å². The van der Waals surface area contributed by atoms with Gasteiger partial charge in [0.2, 0.25) is 0 Å². The summed E-state index contributed by atoms with van der Waals surface area (Å²) in [6.45, 7) is 3.45. The van der Waals surface area contributed by atoms with E-state index in [-0.39, 0.29) is 6.10 Å². The van der Waals surface area contributed by atoms with Gasteiger partial charge in [0.15, 0.2) is 11.5 Å². The summed E-state index contributed by atoms with van der Waals surface area (Å²) in [5, 5.41) is 0. The Morgan fingerprint density at radius 3 is 2.62 bits per heavy atom. The molecular formula is C20H25N3O3. The lowest BCUT2D eigenvalue weighted by Crippen LogP contribution is -2.38. The summed E-state index contributed by atoms with van der Waals surface area (Å²) in [7, 11) is 1.67. The van der Waals surface area contributed by atoms with E-state index in [9.17, 15) is 0 Å². The number of para-hydroxylation sites is 2. The first-order chi connectivity index (χ1) is 12.8. The molecule has 1 aromatic heterocycles. The van der Waals surface area contributed by atoms with E-state index in [4.69, 9.17) is 14.2 Å². The molecule has 0 saturated carbocycles. The highest BCUT2D eigenvalue weighted by atomic mass is 16.5. The van der Waals surface area contributed by atoms with Gasteiger partial charge in [-0.2, -0.15) is 0 Å². The maximum absolute atomic E-state index is 6.17. The van der Waals surface area contributed by atoms with Crippen LogP contribution in [0.4, 0.5) is 5.82 Å². The zero-order valence-electron chi connectivity index (χ0n) is 15.1. The summed E-state index contributed by atoms with van der Waals surface area (Å²) < 4.78 is 17.0. The standard InChI is InChI=1S/C20H25N3O3/c1-24-18-4-2-3-5-19(18)26-16-6-9-23(10-7-16)20-12-17(21-14-22-20)15-8-11-25-13-15/h2-5,12,14-16H,6-11,13H2,1H3/t15-/m1/s1. The number of hydrogen-bond acceptors (Lipinski definition) is 6. The monoisotopic (exact) mass is 355 g/mol. The fourth-order valence-corrected chi connectivity index (χ4v) is 3.62. The van der Waals surface area contributed by atoms with Gasteiger partial charge in [-0.15, -0.1) is 0 Å². The predicted octanol–water partition coefficient (Wildman–Crippen LogP) is 3.04. The first-order valence-corrected chi connectivity index (χ1v) is 9.28. The predicted molar refractivity (Wildman–Crippen MR) is 99.1 cm³/mol. The normalized spacial score (nSPS) is 21.0. The number of piperidine rings is 1. The van der Waals surface area contributed by atoms with E-state index in [0.717, 1.165) is 68.6 Å². The summed E-state index contributed by atoms with van der Waals surface area (Å²) in [6, 6.07) is 9.95. The lowest BCUT2D eigenvalue weighted by Gasteiger charge is -2.33. The number of rotatable bonds is 5. The molecule has 2 aromatic rings. The SMILES string of the molecule is COc1ccccc1OC1CCN(c2cc([C@@H]3CCOC3)ncn2)CC1. The van der Waals surface area contributed by atoms with E-state index in [2.05, 4.69) is 20.9 Å². The third-order valence-corrected chi connectivity index (χ3v) is 5.15. The minimum absolute atomic E-state index is 0.201. The molecule has 4 rings (SSSR count). The second-order valence-electron chi connectivity index (χ2n) is 6.82. The molecule has 0 aliphatic carbocycles. The van der Waals surface area contributed by atoms with Gasteiger partial charge in [-0.3, -0.25) is 0 Å². The van der Waals surface area contributed by atoms with Gasteiger partial charge in [0, 0.05) is 44.5 Å². The fourth-order valence-electron chi connectivity index (χ4n) is 3.62. The van der Waals surface area contributed by atoms with E-state index < -0.39 is 0 Å². The maximum Gasteiger partial charge on any atom is 0.161 e. The van der Waals surface area contributed by atoms with Gasteiger partial charge >= 0.3 is 0 Å². The smallest absolute Gasteiger partial charge is 0.161 e. The van der Waals surface area contributed by atoms with Crippen molar-refractivity contribution in [2.24, 2.45) is 0 Å². The minimum Gasteiger partial charge on any atom is -0.493 e. The highest BCUT2D eigenvalue weighted by Gasteiger charge is 2.24. The Morgan fingerprint density at radius 2 is 1.88 bits per heavy atom. The molecule has 138 valence electrons. The van der Waals surface area contributed by atoms with Crippen molar-refractivity contribution < 1.29 is 14.2 Å². The van der Waals surface area contributed by atoms with Crippen LogP contribution in [0.1, 0.15) is 30.9 Å². The largest absolute Gasteiger partial charge is 0.493 e. The van der Waals surface area contributed by atoms with Gasteiger partial charge < -0.3 is 19.1 Å².